The summed E-state index contributed by atoms with van der Waals surface area (Å²) in [7, 11) is 3.31. The molecule has 2 rings (SSSR count). The van der Waals surface area contributed by atoms with Crippen LogP contribution in [0.4, 0.5) is 0 Å². The second-order valence-corrected chi connectivity index (χ2v) is 5.06. The van der Waals surface area contributed by atoms with E-state index in [0.29, 0.717) is 11.1 Å². The van der Waals surface area contributed by atoms with E-state index in [1.807, 2.05) is 6.07 Å². The van der Waals surface area contributed by atoms with Crippen LogP contribution in [0, 0.1) is 0 Å². The summed E-state index contributed by atoms with van der Waals surface area (Å²) in [5, 5.41) is 4.15. The van der Waals surface area contributed by atoms with Crippen LogP contribution in [-0.2, 0) is 6.42 Å². The first kappa shape index (κ1) is 13.5. The first-order valence-electron chi connectivity index (χ1n) is 6.38. The van der Waals surface area contributed by atoms with Gasteiger partial charge in [0.25, 0.3) is 0 Å². The van der Waals surface area contributed by atoms with Crippen LogP contribution in [0.15, 0.2) is 12.1 Å². The zero-order chi connectivity index (χ0) is 13.0. The minimum Gasteiger partial charge on any atom is -0.497 e. The molecule has 100 valence electrons. The van der Waals surface area contributed by atoms with Gasteiger partial charge in [-0.2, -0.15) is 0 Å². The first-order chi connectivity index (χ1) is 8.74. The Kier molecular flexibility index (Phi) is 4.72. The summed E-state index contributed by atoms with van der Waals surface area (Å²) in [5.41, 5.74) is 1.11. The summed E-state index contributed by atoms with van der Waals surface area (Å²) in [5.74, 6) is 1.55. The smallest absolute Gasteiger partial charge is 0.140 e. The number of rotatable bonds is 4. The van der Waals surface area contributed by atoms with E-state index in [1.165, 1.54) is 19.3 Å². The molecule has 1 N–H and O–H groups in total. The number of hydrogen-bond acceptors (Lipinski definition) is 3. The maximum atomic E-state index is 6.21. The van der Waals surface area contributed by atoms with Crippen molar-refractivity contribution in [2.75, 3.05) is 20.8 Å². The molecule has 0 aromatic heterocycles. The molecule has 0 amide bonds. The zero-order valence-corrected chi connectivity index (χ0v) is 11.7. The largest absolute Gasteiger partial charge is 0.497 e. The highest BCUT2D eigenvalue weighted by atomic mass is 35.5. The maximum absolute atomic E-state index is 6.21. The van der Waals surface area contributed by atoms with Crippen molar-refractivity contribution in [3.63, 3.8) is 0 Å². The summed E-state index contributed by atoms with van der Waals surface area (Å²) in [6.07, 6.45) is 4.70. The summed E-state index contributed by atoms with van der Waals surface area (Å²) in [6, 6.07) is 4.31. The van der Waals surface area contributed by atoms with E-state index in [1.54, 1.807) is 20.3 Å². The average Bonchev–Trinajstić information content (AvgIpc) is 2.39. The van der Waals surface area contributed by atoms with Gasteiger partial charge in [-0.1, -0.05) is 18.0 Å². The number of ether oxygens (including phenoxy) is 2. The van der Waals surface area contributed by atoms with Gasteiger partial charge in [-0.15, -0.1) is 0 Å². The fourth-order valence-electron chi connectivity index (χ4n) is 2.48. The summed E-state index contributed by atoms with van der Waals surface area (Å²) >= 11 is 6.21. The quantitative estimate of drug-likeness (QED) is 0.911. The molecule has 0 spiro atoms. The van der Waals surface area contributed by atoms with Crippen molar-refractivity contribution < 1.29 is 9.47 Å². The first-order valence-corrected chi connectivity index (χ1v) is 6.76. The highest BCUT2D eigenvalue weighted by Crippen LogP contribution is 2.34. The second kappa shape index (κ2) is 6.30. The lowest BCUT2D eigenvalue weighted by molar-refractivity contribution is 0.377. The third-order valence-corrected chi connectivity index (χ3v) is 3.69. The molecule has 1 aromatic carbocycles. The van der Waals surface area contributed by atoms with Crippen LogP contribution in [0.25, 0.3) is 0 Å². The molecule has 1 fully saturated rings. The molecule has 3 nitrogen and oxygen atoms in total. The zero-order valence-electron chi connectivity index (χ0n) is 11.0. The predicted molar refractivity (Wildman–Crippen MR) is 73.9 cm³/mol. The Morgan fingerprint density at radius 1 is 1.28 bits per heavy atom. The molecule has 1 saturated heterocycles. The van der Waals surface area contributed by atoms with Crippen LogP contribution < -0.4 is 14.8 Å². The van der Waals surface area contributed by atoms with Crippen molar-refractivity contribution in [1.29, 1.82) is 0 Å². The highest BCUT2D eigenvalue weighted by Gasteiger charge is 2.17. The van der Waals surface area contributed by atoms with Gasteiger partial charge < -0.3 is 14.8 Å². The number of hydrogen-bond donors (Lipinski definition) is 1. The Morgan fingerprint density at radius 3 is 2.72 bits per heavy atom. The molecule has 0 radical (unpaired) electrons. The Morgan fingerprint density at radius 2 is 2.11 bits per heavy atom. The third-order valence-electron chi connectivity index (χ3n) is 3.41. The Labute approximate surface area is 113 Å². The molecule has 1 heterocycles. The molecule has 1 aliphatic rings. The third kappa shape index (κ3) is 3.09. The standard InChI is InChI=1S/C14H20ClNO2/c1-17-12-8-10(14(18-2)13(15)9-12)7-11-5-3-4-6-16-11/h8-9,11,16H,3-7H2,1-2H3. The van der Waals surface area contributed by atoms with Crippen molar-refractivity contribution >= 4 is 11.6 Å². The molecule has 0 saturated carbocycles. The molecule has 1 unspecified atom stereocenters. The minimum atomic E-state index is 0.510. The number of nitrogens with one attached hydrogen (secondary N) is 1. The highest BCUT2D eigenvalue weighted by molar-refractivity contribution is 6.32. The van der Waals surface area contributed by atoms with Gasteiger partial charge in [0, 0.05) is 17.7 Å². The van der Waals surface area contributed by atoms with Crippen LogP contribution >= 0.6 is 11.6 Å². The van der Waals surface area contributed by atoms with E-state index in [0.717, 1.165) is 30.0 Å². The number of methoxy groups -OCH3 is 2. The van der Waals surface area contributed by atoms with Crippen LogP contribution in [0.2, 0.25) is 5.02 Å². The van der Waals surface area contributed by atoms with E-state index < -0.39 is 0 Å². The van der Waals surface area contributed by atoms with Crippen LogP contribution in [0.5, 0.6) is 11.5 Å². The normalized spacial score (nSPS) is 19.6. The van der Waals surface area contributed by atoms with Crippen molar-refractivity contribution in [3.05, 3.63) is 22.7 Å². The minimum absolute atomic E-state index is 0.510. The van der Waals surface area contributed by atoms with E-state index in [-0.39, 0.29) is 0 Å². The Balaban J connectivity index is 2.20. The summed E-state index contributed by atoms with van der Waals surface area (Å²) in [4.78, 5) is 0. The van der Waals surface area contributed by atoms with Gasteiger partial charge in [-0.25, -0.2) is 0 Å². The van der Waals surface area contributed by atoms with E-state index in [2.05, 4.69) is 5.32 Å². The number of benzene rings is 1. The lowest BCUT2D eigenvalue weighted by Crippen LogP contribution is -2.35. The maximum Gasteiger partial charge on any atom is 0.140 e. The van der Waals surface area contributed by atoms with Gasteiger partial charge in [0.15, 0.2) is 0 Å². The van der Waals surface area contributed by atoms with Gasteiger partial charge in [0.1, 0.15) is 11.5 Å². The van der Waals surface area contributed by atoms with E-state index >= 15 is 0 Å². The molecule has 18 heavy (non-hydrogen) atoms. The van der Waals surface area contributed by atoms with Gasteiger partial charge in [-0.05, 0) is 31.9 Å². The molecule has 0 bridgehead atoms. The lowest BCUT2D eigenvalue weighted by Gasteiger charge is -2.24. The van der Waals surface area contributed by atoms with Crippen molar-refractivity contribution in [2.24, 2.45) is 0 Å². The van der Waals surface area contributed by atoms with Crippen molar-refractivity contribution in [3.8, 4) is 11.5 Å². The average molecular weight is 270 g/mol. The van der Waals surface area contributed by atoms with Gasteiger partial charge in [0.05, 0.1) is 19.2 Å². The number of halogens is 1. The van der Waals surface area contributed by atoms with E-state index in [9.17, 15) is 0 Å². The fourth-order valence-corrected chi connectivity index (χ4v) is 2.79. The monoisotopic (exact) mass is 269 g/mol. The molecule has 1 aromatic rings. The summed E-state index contributed by atoms with van der Waals surface area (Å²) < 4.78 is 10.7. The molecule has 1 atom stereocenters. The van der Waals surface area contributed by atoms with Crippen LogP contribution in [-0.4, -0.2) is 26.8 Å². The molecule has 4 heteroatoms. The lowest BCUT2D eigenvalue weighted by atomic mass is 9.97. The molecule has 0 aliphatic carbocycles. The van der Waals surface area contributed by atoms with Crippen LogP contribution in [0.1, 0.15) is 24.8 Å². The van der Waals surface area contributed by atoms with Crippen molar-refractivity contribution in [1.82, 2.24) is 5.32 Å². The fraction of sp³-hybridized carbons (Fsp3) is 0.571. The van der Waals surface area contributed by atoms with Crippen LogP contribution in [0.3, 0.4) is 0 Å². The molecular formula is C14H20ClNO2. The Hall–Kier alpha value is -0.930. The van der Waals surface area contributed by atoms with Crippen molar-refractivity contribution in [2.45, 2.75) is 31.7 Å². The van der Waals surface area contributed by atoms with Gasteiger partial charge in [-0.3, -0.25) is 0 Å². The topological polar surface area (TPSA) is 30.5 Å². The molecular weight excluding hydrogens is 250 g/mol. The van der Waals surface area contributed by atoms with E-state index in [4.69, 9.17) is 21.1 Å². The Bertz CT molecular complexity index is 403. The van der Waals surface area contributed by atoms with Gasteiger partial charge >= 0.3 is 0 Å². The van der Waals surface area contributed by atoms with Gasteiger partial charge in [0.2, 0.25) is 0 Å². The SMILES string of the molecule is COc1cc(Cl)c(OC)c(CC2CCCCN2)c1. The number of piperidine rings is 1. The molecule has 1 aliphatic heterocycles. The summed E-state index contributed by atoms with van der Waals surface area (Å²) in [6.45, 7) is 1.10. The second-order valence-electron chi connectivity index (χ2n) is 4.65. The predicted octanol–water partition coefficient (Wildman–Crippen LogP) is 3.04.